The molecule has 0 aliphatic rings. The van der Waals surface area contributed by atoms with Crippen LogP contribution in [-0.2, 0) is 4.74 Å². The Bertz CT molecular complexity index is 626. The quantitative estimate of drug-likeness (QED) is 0.753. The zero-order valence-corrected chi connectivity index (χ0v) is 14.7. The topological polar surface area (TPSA) is 64.1 Å². The van der Waals surface area contributed by atoms with E-state index in [0.29, 0.717) is 23.9 Å². The maximum absolute atomic E-state index is 12.2. The van der Waals surface area contributed by atoms with Gasteiger partial charge in [-0.25, -0.2) is 4.98 Å². The van der Waals surface area contributed by atoms with Crippen LogP contribution in [0.5, 0.6) is 0 Å². The minimum atomic E-state index is -0.0777. The third-order valence-corrected chi connectivity index (χ3v) is 4.27. The summed E-state index contributed by atoms with van der Waals surface area (Å²) < 4.78 is 5.50. The van der Waals surface area contributed by atoms with Crippen molar-refractivity contribution in [1.82, 2.24) is 15.3 Å². The summed E-state index contributed by atoms with van der Waals surface area (Å²) in [4.78, 5) is 21.6. The molecule has 2 aromatic heterocycles. The summed E-state index contributed by atoms with van der Waals surface area (Å²) in [5.74, 6) is 0.459. The Morgan fingerprint density at radius 1 is 1.39 bits per heavy atom. The Kier molecular flexibility index (Phi) is 6.67. The number of hydrogen-bond acceptors (Lipinski definition) is 5. The van der Waals surface area contributed by atoms with Gasteiger partial charge in [0.1, 0.15) is 9.88 Å². The summed E-state index contributed by atoms with van der Waals surface area (Å²) in [6.45, 7) is 8.12. The molecule has 0 fully saturated rings. The number of rotatable bonds is 8. The summed E-state index contributed by atoms with van der Waals surface area (Å²) in [5, 5.41) is 3.70. The van der Waals surface area contributed by atoms with E-state index in [2.05, 4.69) is 29.1 Å². The fraction of sp³-hybridized carbons (Fsp3) is 0.471. The summed E-state index contributed by atoms with van der Waals surface area (Å²) >= 11 is 1.38. The standard InChI is InChI=1S/C17H23N3O2S/c1-12(2)11-22-10-6-9-19-16(21)15-13(3)20-17(23-15)14-7-4-5-8-18-14/h4-5,7-8,12H,6,9-11H2,1-3H3,(H,19,21). The number of ether oxygens (including phenoxy) is 1. The molecule has 0 radical (unpaired) electrons. The van der Waals surface area contributed by atoms with E-state index in [1.54, 1.807) is 6.20 Å². The van der Waals surface area contributed by atoms with Crippen LogP contribution in [0.4, 0.5) is 0 Å². The van der Waals surface area contributed by atoms with Crippen molar-refractivity contribution < 1.29 is 9.53 Å². The highest BCUT2D eigenvalue weighted by Gasteiger charge is 2.16. The number of nitrogens with one attached hydrogen (secondary N) is 1. The second-order valence-electron chi connectivity index (χ2n) is 5.73. The zero-order valence-electron chi connectivity index (χ0n) is 13.8. The van der Waals surface area contributed by atoms with E-state index >= 15 is 0 Å². The van der Waals surface area contributed by atoms with Crippen LogP contribution in [0.2, 0.25) is 0 Å². The van der Waals surface area contributed by atoms with Gasteiger partial charge in [0.15, 0.2) is 0 Å². The molecule has 1 amide bonds. The number of pyridine rings is 1. The van der Waals surface area contributed by atoms with Gasteiger partial charge in [-0.1, -0.05) is 19.9 Å². The predicted molar refractivity (Wildman–Crippen MR) is 92.7 cm³/mol. The van der Waals surface area contributed by atoms with E-state index in [9.17, 15) is 4.79 Å². The minimum Gasteiger partial charge on any atom is -0.381 e. The number of carbonyl (C=O) groups excluding carboxylic acids is 1. The molecule has 0 aliphatic heterocycles. The SMILES string of the molecule is Cc1nc(-c2ccccn2)sc1C(=O)NCCCOCC(C)C. The number of carbonyl (C=O) groups is 1. The molecule has 6 heteroatoms. The van der Waals surface area contributed by atoms with Crippen molar-refractivity contribution in [3.8, 4) is 10.7 Å². The number of thiazole rings is 1. The highest BCUT2D eigenvalue weighted by Crippen LogP contribution is 2.26. The summed E-state index contributed by atoms with van der Waals surface area (Å²) in [5.41, 5.74) is 1.53. The van der Waals surface area contributed by atoms with Crippen LogP contribution in [-0.4, -0.2) is 35.6 Å². The molecule has 1 N–H and O–H groups in total. The summed E-state index contributed by atoms with van der Waals surface area (Å²) in [6, 6.07) is 5.67. The first-order valence-electron chi connectivity index (χ1n) is 7.82. The van der Waals surface area contributed by atoms with E-state index in [4.69, 9.17) is 4.74 Å². The summed E-state index contributed by atoms with van der Waals surface area (Å²) in [6.07, 6.45) is 2.53. The normalized spacial score (nSPS) is 11.0. The molecular weight excluding hydrogens is 310 g/mol. The van der Waals surface area contributed by atoms with Crippen LogP contribution < -0.4 is 5.32 Å². The number of hydrogen-bond donors (Lipinski definition) is 1. The number of aromatic nitrogens is 2. The van der Waals surface area contributed by atoms with E-state index in [1.807, 2.05) is 25.1 Å². The summed E-state index contributed by atoms with van der Waals surface area (Å²) in [7, 11) is 0. The molecule has 2 aromatic rings. The van der Waals surface area contributed by atoms with Crippen molar-refractivity contribution in [3.05, 3.63) is 35.0 Å². The van der Waals surface area contributed by atoms with Gasteiger partial charge in [-0.3, -0.25) is 9.78 Å². The second kappa shape index (κ2) is 8.74. The Hall–Kier alpha value is -1.79. The second-order valence-corrected chi connectivity index (χ2v) is 6.73. The van der Waals surface area contributed by atoms with E-state index in [1.165, 1.54) is 11.3 Å². The van der Waals surface area contributed by atoms with Gasteiger partial charge in [0.05, 0.1) is 11.4 Å². The number of nitrogens with zero attached hydrogens (tertiary/aromatic N) is 2. The maximum atomic E-state index is 12.2. The number of aryl methyl sites for hydroxylation is 1. The van der Waals surface area contributed by atoms with Crippen LogP contribution in [0.15, 0.2) is 24.4 Å². The lowest BCUT2D eigenvalue weighted by Crippen LogP contribution is -2.25. The molecule has 0 aliphatic carbocycles. The maximum Gasteiger partial charge on any atom is 0.263 e. The average molecular weight is 333 g/mol. The van der Waals surface area contributed by atoms with Crippen LogP contribution in [0.25, 0.3) is 10.7 Å². The van der Waals surface area contributed by atoms with Crippen LogP contribution >= 0.6 is 11.3 Å². The molecule has 0 saturated carbocycles. The fourth-order valence-corrected chi connectivity index (χ4v) is 2.94. The molecule has 5 nitrogen and oxygen atoms in total. The van der Waals surface area contributed by atoms with Crippen molar-refractivity contribution in [3.63, 3.8) is 0 Å². The Morgan fingerprint density at radius 2 is 2.22 bits per heavy atom. The van der Waals surface area contributed by atoms with Gasteiger partial charge in [-0.05, 0) is 31.4 Å². The van der Waals surface area contributed by atoms with Gasteiger partial charge in [-0.2, -0.15) is 0 Å². The molecule has 0 unspecified atom stereocenters. The third kappa shape index (κ3) is 5.41. The first-order chi connectivity index (χ1) is 11.1. The van der Waals surface area contributed by atoms with Crippen molar-refractivity contribution in [2.75, 3.05) is 19.8 Å². The van der Waals surface area contributed by atoms with Crippen molar-refractivity contribution in [2.45, 2.75) is 27.2 Å². The largest absolute Gasteiger partial charge is 0.381 e. The molecule has 23 heavy (non-hydrogen) atoms. The first-order valence-corrected chi connectivity index (χ1v) is 8.64. The Balaban J connectivity index is 1.84. The zero-order chi connectivity index (χ0) is 16.7. The smallest absolute Gasteiger partial charge is 0.263 e. The Morgan fingerprint density at radius 3 is 2.91 bits per heavy atom. The van der Waals surface area contributed by atoms with Gasteiger partial charge < -0.3 is 10.1 Å². The molecule has 2 heterocycles. The van der Waals surface area contributed by atoms with Gasteiger partial charge in [-0.15, -0.1) is 11.3 Å². The predicted octanol–water partition coefficient (Wildman–Crippen LogP) is 3.31. The fourth-order valence-electron chi connectivity index (χ4n) is 1.98. The Labute approximate surface area is 141 Å². The average Bonchev–Trinajstić information content (AvgIpc) is 2.93. The van der Waals surface area contributed by atoms with Crippen molar-refractivity contribution in [1.29, 1.82) is 0 Å². The van der Waals surface area contributed by atoms with Crippen LogP contribution in [0, 0.1) is 12.8 Å². The molecular formula is C17H23N3O2S. The molecule has 2 rings (SSSR count). The van der Waals surface area contributed by atoms with E-state index in [0.717, 1.165) is 29.4 Å². The van der Waals surface area contributed by atoms with E-state index < -0.39 is 0 Å². The molecule has 0 spiro atoms. The van der Waals surface area contributed by atoms with Crippen molar-refractivity contribution in [2.24, 2.45) is 5.92 Å². The van der Waals surface area contributed by atoms with Crippen LogP contribution in [0.1, 0.15) is 35.6 Å². The highest BCUT2D eigenvalue weighted by atomic mass is 32.1. The van der Waals surface area contributed by atoms with Gasteiger partial charge in [0.2, 0.25) is 0 Å². The lowest BCUT2D eigenvalue weighted by molar-refractivity contribution is 0.0928. The van der Waals surface area contributed by atoms with Gasteiger partial charge in [0.25, 0.3) is 5.91 Å². The van der Waals surface area contributed by atoms with E-state index in [-0.39, 0.29) is 5.91 Å². The molecule has 0 aromatic carbocycles. The lowest BCUT2D eigenvalue weighted by atomic mass is 10.2. The highest BCUT2D eigenvalue weighted by molar-refractivity contribution is 7.17. The molecule has 0 atom stereocenters. The number of amides is 1. The lowest BCUT2D eigenvalue weighted by Gasteiger charge is -2.07. The minimum absolute atomic E-state index is 0.0777. The monoisotopic (exact) mass is 333 g/mol. The molecule has 0 saturated heterocycles. The molecule has 124 valence electrons. The van der Waals surface area contributed by atoms with Crippen molar-refractivity contribution >= 4 is 17.2 Å². The first kappa shape index (κ1) is 17.6. The molecule has 0 bridgehead atoms. The van der Waals surface area contributed by atoms with Gasteiger partial charge >= 0.3 is 0 Å². The van der Waals surface area contributed by atoms with Gasteiger partial charge in [0, 0.05) is 26.0 Å². The van der Waals surface area contributed by atoms with Crippen LogP contribution in [0.3, 0.4) is 0 Å². The third-order valence-electron chi connectivity index (χ3n) is 3.09.